The van der Waals surface area contributed by atoms with Gasteiger partial charge in [-0.1, -0.05) is 0 Å². The molecule has 0 aliphatic rings. The van der Waals surface area contributed by atoms with Gasteiger partial charge in [0, 0.05) is 0 Å². The topological polar surface area (TPSA) is 108 Å². The van der Waals surface area contributed by atoms with E-state index in [1.807, 2.05) is 0 Å². The molecule has 7 heteroatoms. The number of hydrogen-bond donors (Lipinski definition) is 2. The summed E-state index contributed by atoms with van der Waals surface area (Å²) < 4.78 is 24.0. The summed E-state index contributed by atoms with van der Waals surface area (Å²) in [5.41, 5.74) is 9.48. The van der Waals surface area contributed by atoms with Crippen LogP contribution < -0.4 is 11.5 Å². The Labute approximate surface area is 52.6 Å². The predicted molar refractivity (Wildman–Crippen MR) is 31.7 cm³/mol. The zero-order valence-corrected chi connectivity index (χ0v) is 5.55. The molecule has 0 rings (SSSR count). The van der Waals surface area contributed by atoms with Crippen molar-refractivity contribution in [1.29, 1.82) is 0 Å². The Morgan fingerprint density at radius 3 is 2.11 bits per heavy atom. The van der Waals surface area contributed by atoms with Crippen LogP contribution in [0.4, 0.5) is 0 Å². The van der Waals surface area contributed by atoms with E-state index in [0.717, 1.165) is 6.26 Å². The minimum absolute atomic E-state index is 0.430. The first-order valence-corrected chi connectivity index (χ1v) is 3.71. The van der Waals surface area contributed by atoms with Gasteiger partial charge in [-0.05, 0) is 5.16 Å². The molecule has 0 unspecified atom stereocenters. The molecule has 0 aromatic heterocycles. The third kappa shape index (κ3) is 7.02. The SMILES string of the molecule is CS(=O)(=O)ON=C(N)N. The first kappa shape index (κ1) is 8.02. The fourth-order valence-corrected chi connectivity index (χ4v) is 0.332. The summed E-state index contributed by atoms with van der Waals surface area (Å²) in [6, 6.07) is 0. The molecule has 0 bridgehead atoms. The molecule has 0 aromatic rings. The number of guanidine groups is 1. The highest BCUT2D eigenvalue weighted by Crippen LogP contribution is 1.84. The molecule has 0 amide bonds. The molecular weight excluding hydrogens is 146 g/mol. The first-order valence-electron chi connectivity index (χ1n) is 1.89. The molecule has 0 saturated carbocycles. The third-order valence-electron chi connectivity index (χ3n) is 0.278. The van der Waals surface area contributed by atoms with E-state index in [2.05, 4.69) is 9.44 Å². The van der Waals surface area contributed by atoms with Crippen molar-refractivity contribution in [1.82, 2.24) is 0 Å². The van der Waals surface area contributed by atoms with Crippen LogP contribution in [0.2, 0.25) is 0 Å². The van der Waals surface area contributed by atoms with Gasteiger partial charge in [-0.3, -0.25) is 4.28 Å². The molecule has 4 N–H and O–H groups in total. The second-order valence-corrected chi connectivity index (χ2v) is 2.85. The normalized spacial score (nSPS) is 10.3. The average molecular weight is 153 g/mol. The van der Waals surface area contributed by atoms with Crippen molar-refractivity contribution >= 4 is 16.1 Å². The molecule has 54 valence electrons. The maximum Gasteiger partial charge on any atom is 0.325 e. The van der Waals surface area contributed by atoms with Crippen molar-refractivity contribution in [3.05, 3.63) is 0 Å². The molecule has 0 heterocycles. The summed E-state index contributed by atoms with van der Waals surface area (Å²) >= 11 is 0. The Bertz CT molecular complexity index is 201. The Morgan fingerprint density at radius 1 is 1.56 bits per heavy atom. The van der Waals surface area contributed by atoms with Crippen molar-refractivity contribution in [2.45, 2.75) is 0 Å². The molecule has 6 nitrogen and oxygen atoms in total. The van der Waals surface area contributed by atoms with Crippen LogP contribution in [0.5, 0.6) is 0 Å². The van der Waals surface area contributed by atoms with E-state index in [9.17, 15) is 8.42 Å². The molecule has 0 aliphatic carbocycles. The van der Waals surface area contributed by atoms with Crippen LogP contribution >= 0.6 is 0 Å². The van der Waals surface area contributed by atoms with Crippen molar-refractivity contribution in [3.63, 3.8) is 0 Å². The van der Waals surface area contributed by atoms with Gasteiger partial charge in [0.25, 0.3) is 0 Å². The van der Waals surface area contributed by atoms with E-state index in [4.69, 9.17) is 11.5 Å². The highest BCUT2D eigenvalue weighted by Gasteiger charge is 1.97. The Balaban J connectivity index is 3.95. The monoisotopic (exact) mass is 153 g/mol. The lowest BCUT2D eigenvalue weighted by Gasteiger charge is -1.91. The van der Waals surface area contributed by atoms with E-state index < -0.39 is 16.1 Å². The van der Waals surface area contributed by atoms with Gasteiger partial charge in [0.2, 0.25) is 5.96 Å². The van der Waals surface area contributed by atoms with Gasteiger partial charge in [-0.25, -0.2) is 0 Å². The second kappa shape index (κ2) is 2.53. The summed E-state index contributed by atoms with van der Waals surface area (Å²) in [4.78, 5) is 0. The van der Waals surface area contributed by atoms with Crippen LogP contribution in [0, 0.1) is 0 Å². The van der Waals surface area contributed by atoms with Crippen LogP contribution in [0.25, 0.3) is 0 Å². The third-order valence-corrected chi connectivity index (χ3v) is 0.623. The van der Waals surface area contributed by atoms with Crippen LogP contribution in [0.3, 0.4) is 0 Å². The second-order valence-electron chi connectivity index (χ2n) is 1.29. The molecular formula is C2H7N3O3S. The molecule has 0 atom stereocenters. The van der Waals surface area contributed by atoms with Crippen LogP contribution in [0.15, 0.2) is 5.16 Å². The smallest absolute Gasteiger partial charge is 0.325 e. The molecule has 0 fully saturated rings. The summed E-state index contributed by atoms with van der Waals surface area (Å²) in [6.45, 7) is 0. The van der Waals surface area contributed by atoms with Crippen LogP contribution in [-0.4, -0.2) is 20.6 Å². The summed E-state index contributed by atoms with van der Waals surface area (Å²) in [6.07, 6.45) is 0.833. The van der Waals surface area contributed by atoms with Crippen molar-refractivity contribution in [3.8, 4) is 0 Å². The maximum atomic E-state index is 10.1. The minimum Gasteiger partial charge on any atom is -0.367 e. The summed E-state index contributed by atoms with van der Waals surface area (Å²) in [5, 5.41) is 2.78. The Morgan fingerprint density at radius 2 is 2.00 bits per heavy atom. The van der Waals surface area contributed by atoms with E-state index in [1.54, 1.807) is 0 Å². The number of nitrogens with zero attached hydrogens (tertiary/aromatic N) is 1. The highest BCUT2D eigenvalue weighted by atomic mass is 32.2. The molecule has 0 aliphatic heterocycles. The lowest BCUT2D eigenvalue weighted by Crippen LogP contribution is -2.23. The molecule has 0 spiro atoms. The van der Waals surface area contributed by atoms with E-state index in [0.29, 0.717) is 0 Å². The number of hydrogen-bond acceptors (Lipinski definition) is 4. The summed E-state index contributed by atoms with van der Waals surface area (Å²) in [7, 11) is -3.57. The zero-order valence-electron chi connectivity index (χ0n) is 4.73. The summed E-state index contributed by atoms with van der Waals surface area (Å²) in [5.74, 6) is -0.430. The van der Waals surface area contributed by atoms with Gasteiger partial charge in [-0.15, -0.1) is 0 Å². The van der Waals surface area contributed by atoms with Crippen molar-refractivity contribution in [2.75, 3.05) is 6.26 Å². The lowest BCUT2D eigenvalue weighted by atomic mass is 11.1. The first-order chi connectivity index (χ1) is 3.92. The molecule has 0 saturated heterocycles. The number of rotatable bonds is 2. The van der Waals surface area contributed by atoms with E-state index >= 15 is 0 Å². The van der Waals surface area contributed by atoms with Gasteiger partial charge in [0.05, 0.1) is 6.26 Å². The number of oxime groups is 1. The fourth-order valence-electron chi connectivity index (χ4n) is 0.111. The lowest BCUT2D eigenvalue weighted by molar-refractivity contribution is 0.342. The van der Waals surface area contributed by atoms with Gasteiger partial charge in [0.15, 0.2) is 0 Å². The van der Waals surface area contributed by atoms with Crippen LogP contribution in [-0.2, 0) is 14.4 Å². The van der Waals surface area contributed by atoms with Crippen LogP contribution in [0.1, 0.15) is 0 Å². The molecule has 0 aromatic carbocycles. The number of nitrogens with two attached hydrogens (primary N) is 2. The Kier molecular flexibility index (Phi) is 2.26. The fraction of sp³-hybridized carbons (Fsp3) is 0.500. The minimum atomic E-state index is -3.57. The maximum absolute atomic E-state index is 10.1. The zero-order chi connectivity index (χ0) is 7.49. The van der Waals surface area contributed by atoms with Gasteiger partial charge in [-0.2, -0.15) is 8.42 Å². The highest BCUT2D eigenvalue weighted by molar-refractivity contribution is 7.85. The largest absolute Gasteiger partial charge is 0.367 e. The molecule has 0 radical (unpaired) electrons. The van der Waals surface area contributed by atoms with Gasteiger partial charge >= 0.3 is 10.1 Å². The standard InChI is InChI=1S/C2H7N3O3S/c1-9(6,7)8-5-2(3)4/h1H3,(H4,3,4,5). The quantitative estimate of drug-likeness (QED) is 0.275. The van der Waals surface area contributed by atoms with Crippen molar-refractivity contribution < 1.29 is 12.7 Å². The van der Waals surface area contributed by atoms with E-state index in [1.165, 1.54) is 0 Å². The Hall–Kier alpha value is -0.980. The van der Waals surface area contributed by atoms with Gasteiger partial charge in [0.1, 0.15) is 0 Å². The van der Waals surface area contributed by atoms with Gasteiger partial charge < -0.3 is 11.5 Å². The van der Waals surface area contributed by atoms with E-state index in [-0.39, 0.29) is 0 Å². The van der Waals surface area contributed by atoms with Crippen molar-refractivity contribution in [2.24, 2.45) is 16.6 Å². The molecule has 9 heavy (non-hydrogen) atoms. The average Bonchev–Trinajstić information content (AvgIpc) is 1.59. The predicted octanol–water partition coefficient (Wildman–Crippen LogP) is -1.85.